The SMILES string of the molecule is CCC(C)NC(=O)CCNC(=O)C1CCNC1.Cl. The molecule has 5 nitrogen and oxygen atoms in total. The molecule has 0 aromatic carbocycles. The second kappa shape index (κ2) is 9.16. The van der Waals surface area contributed by atoms with Gasteiger partial charge in [-0.2, -0.15) is 0 Å². The maximum absolute atomic E-state index is 11.6. The first-order chi connectivity index (χ1) is 8.13. The molecule has 0 aromatic rings. The minimum absolute atomic E-state index is 0. The van der Waals surface area contributed by atoms with Gasteiger partial charge in [-0.15, -0.1) is 12.4 Å². The lowest BCUT2D eigenvalue weighted by Gasteiger charge is -2.12. The molecule has 0 saturated carbocycles. The maximum Gasteiger partial charge on any atom is 0.224 e. The van der Waals surface area contributed by atoms with E-state index in [1.807, 2.05) is 13.8 Å². The summed E-state index contributed by atoms with van der Waals surface area (Å²) in [5.74, 6) is 0.142. The maximum atomic E-state index is 11.6. The number of hydrogen-bond donors (Lipinski definition) is 3. The molecule has 3 N–H and O–H groups in total. The zero-order chi connectivity index (χ0) is 12.7. The molecule has 2 unspecified atom stereocenters. The Morgan fingerprint density at radius 3 is 2.72 bits per heavy atom. The highest BCUT2D eigenvalue weighted by Crippen LogP contribution is 2.06. The summed E-state index contributed by atoms with van der Waals surface area (Å²) in [6.45, 7) is 6.09. The number of carbonyl (C=O) groups excluding carboxylic acids is 2. The summed E-state index contributed by atoms with van der Waals surface area (Å²) in [5, 5.41) is 8.82. The molecule has 0 spiro atoms. The van der Waals surface area contributed by atoms with Crippen LogP contribution in [0.3, 0.4) is 0 Å². The summed E-state index contributed by atoms with van der Waals surface area (Å²) in [4.78, 5) is 23.1. The van der Waals surface area contributed by atoms with Crippen molar-refractivity contribution in [1.82, 2.24) is 16.0 Å². The van der Waals surface area contributed by atoms with E-state index in [1.165, 1.54) is 0 Å². The average Bonchev–Trinajstić information content (AvgIpc) is 2.82. The van der Waals surface area contributed by atoms with Crippen molar-refractivity contribution < 1.29 is 9.59 Å². The number of halogens is 1. The fourth-order valence-electron chi connectivity index (χ4n) is 1.77. The van der Waals surface area contributed by atoms with Gasteiger partial charge in [0.1, 0.15) is 0 Å². The second-order valence-electron chi connectivity index (χ2n) is 4.61. The third kappa shape index (κ3) is 6.21. The zero-order valence-corrected chi connectivity index (χ0v) is 11.9. The second-order valence-corrected chi connectivity index (χ2v) is 4.61. The van der Waals surface area contributed by atoms with Crippen LogP contribution in [-0.4, -0.2) is 37.5 Å². The summed E-state index contributed by atoms with van der Waals surface area (Å²) in [6, 6.07) is 0.206. The Balaban J connectivity index is 0.00000289. The summed E-state index contributed by atoms with van der Waals surface area (Å²) >= 11 is 0. The number of hydrogen-bond acceptors (Lipinski definition) is 3. The van der Waals surface area contributed by atoms with Gasteiger partial charge >= 0.3 is 0 Å². The van der Waals surface area contributed by atoms with Gasteiger partial charge < -0.3 is 16.0 Å². The van der Waals surface area contributed by atoms with E-state index < -0.39 is 0 Å². The van der Waals surface area contributed by atoms with E-state index in [-0.39, 0.29) is 36.2 Å². The molecular formula is C12H24ClN3O2. The Bertz CT molecular complexity index is 268. The van der Waals surface area contributed by atoms with Gasteiger partial charge in [0.15, 0.2) is 0 Å². The molecular weight excluding hydrogens is 254 g/mol. The van der Waals surface area contributed by atoms with Crippen LogP contribution >= 0.6 is 12.4 Å². The third-order valence-electron chi connectivity index (χ3n) is 3.10. The van der Waals surface area contributed by atoms with E-state index >= 15 is 0 Å². The minimum atomic E-state index is 0. The molecule has 0 radical (unpaired) electrons. The van der Waals surface area contributed by atoms with Crippen molar-refractivity contribution in [3.8, 4) is 0 Å². The normalized spacial score (nSPS) is 19.8. The fraction of sp³-hybridized carbons (Fsp3) is 0.833. The smallest absolute Gasteiger partial charge is 0.224 e. The van der Waals surface area contributed by atoms with Crippen LogP contribution in [0.5, 0.6) is 0 Å². The van der Waals surface area contributed by atoms with Gasteiger partial charge in [0.25, 0.3) is 0 Å². The van der Waals surface area contributed by atoms with Crippen molar-refractivity contribution in [2.75, 3.05) is 19.6 Å². The highest BCUT2D eigenvalue weighted by Gasteiger charge is 2.21. The Morgan fingerprint density at radius 1 is 1.44 bits per heavy atom. The minimum Gasteiger partial charge on any atom is -0.355 e. The van der Waals surface area contributed by atoms with E-state index in [2.05, 4.69) is 16.0 Å². The van der Waals surface area contributed by atoms with Crippen LogP contribution in [0.1, 0.15) is 33.1 Å². The van der Waals surface area contributed by atoms with Crippen LogP contribution in [0.25, 0.3) is 0 Å². The van der Waals surface area contributed by atoms with E-state index in [9.17, 15) is 9.59 Å². The fourth-order valence-corrected chi connectivity index (χ4v) is 1.77. The molecule has 0 aliphatic carbocycles. The zero-order valence-electron chi connectivity index (χ0n) is 11.1. The molecule has 1 fully saturated rings. The van der Waals surface area contributed by atoms with Gasteiger partial charge in [-0.1, -0.05) is 6.92 Å². The monoisotopic (exact) mass is 277 g/mol. The molecule has 2 amide bonds. The Morgan fingerprint density at radius 2 is 2.17 bits per heavy atom. The molecule has 0 aromatic heterocycles. The van der Waals surface area contributed by atoms with E-state index in [0.29, 0.717) is 13.0 Å². The van der Waals surface area contributed by atoms with Gasteiger partial charge in [-0.3, -0.25) is 9.59 Å². The molecule has 2 atom stereocenters. The van der Waals surface area contributed by atoms with E-state index in [1.54, 1.807) is 0 Å². The average molecular weight is 278 g/mol. The highest BCUT2D eigenvalue weighted by atomic mass is 35.5. The van der Waals surface area contributed by atoms with Gasteiger partial charge in [0.2, 0.25) is 11.8 Å². The standard InChI is InChI=1S/C12H23N3O2.ClH/c1-3-9(2)15-11(16)5-7-14-12(17)10-4-6-13-8-10;/h9-10,13H,3-8H2,1-2H3,(H,14,17)(H,15,16);1H. The van der Waals surface area contributed by atoms with Crippen LogP contribution in [-0.2, 0) is 9.59 Å². The molecule has 1 aliphatic rings. The van der Waals surface area contributed by atoms with Crippen LogP contribution < -0.4 is 16.0 Å². The lowest BCUT2D eigenvalue weighted by atomic mass is 10.1. The first-order valence-electron chi connectivity index (χ1n) is 6.41. The summed E-state index contributed by atoms with van der Waals surface area (Å²) in [7, 11) is 0. The molecule has 18 heavy (non-hydrogen) atoms. The topological polar surface area (TPSA) is 70.2 Å². The number of amides is 2. The number of rotatable bonds is 6. The first-order valence-corrected chi connectivity index (χ1v) is 6.41. The van der Waals surface area contributed by atoms with Crippen molar-refractivity contribution in [1.29, 1.82) is 0 Å². The third-order valence-corrected chi connectivity index (χ3v) is 3.10. The lowest BCUT2D eigenvalue weighted by Crippen LogP contribution is -2.37. The van der Waals surface area contributed by atoms with Gasteiger partial charge in [-0.05, 0) is 26.3 Å². The Labute approximate surface area is 115 Å². The van der Waals surface area contributed by atoms with Crippen LogP contribution in [0.4, 0.5) is 0 Å². The first kappa shape index (κ1) is 17.2. The lowest BCUT2D eigenvalue weighted by molar-refractivity contribution is -0.124. The predicted molar refractivity (Wildman–Crippen MR) is 73.7 cm³/mol. The Hall–Kier alpha value is -0.810. The van der Waals surface area contributed by atoms with Crippen LogP contribution in [0.2, 0.25) is 0 Å². The van der Waals surface area contributed by atoms with Crippen molar-refractivity contribution >= 4 is 24.2 Å². The van der Waals surface area contributed by atoms with Gasteiger partial charge in [0.05, 0.1) is 5.92 Å². The molecule has 1 saturated heterocycles. The van der Waals surface area contributed by atoms with Crippen LogP contribution in [0, 0.1) is 5.92 Å². The molecule has 0 bridgehead atoms. The van der Waals surface area contributed by atoms with Crippen molar-refractivity contribution in [2.24, 2.45) is 5.92 Å². The summed E-state index contributed by atoms with van der Waals surface area (Å²) in [6.07, 6.45) is 2.17. The molecule has 1 aliphatic heterocycles. The van der Waals surface area contributed by atoms with E-state index in [4.69, 9.17) is 0 Å². The molecule has 1 heterocycles. The molecule has 106 valence electrons. The summed E-state index contributed by atoms with van der Waals surface area (Å²) in [5.41, 5.74) is 0. The highest BCUT2D eigenvalue weighted by molar-refractivity contribution is 5.85. The molecule has 6 heteroatoms. The predicted octanol–water partition coefficient (Wildman–Crippen LogP) is 0.439. The quantitative estimate of drug-likeness (QED) is 0.660. The van der Waals surface area contributed by atoms with Crippen molar-refractivity contribution in [3.63, 3.8) is 0 Å². The van der Waals surface area contributed by atoms with Crippen molar-refractivity contribution in [2.45, 2.75) is 39.2 Å². The van der Waals surface area contributed by atoms with Gasteiger partial charge in [0, 0.05) is 25.6 Å². The van der Waals surface area contributed by atoms with Crippen molar-refractivity contribution in [3.05, 3.63) is 0 Å². The van der Waals surface area contributed by atoms with Crippen LogP contribution in [0.15, 0.2) is 0 Å². The van der Waals surface area contributed by atoms with Gasteiger partial charge in [-0.25, -0.2) is 0 Å². The Kier molecular flexibility index (Phi) is 8.75. The van der Waals surface area contributed by atoms with E-state index in [0.717, 1.165) is 25.9 Å². The number of nitrogens with one attached hydrogen (secondary N) is 3. The molecule has 1 rings (SSSR count). The number of carbonyl (C=O) groups is 2. The largest absolute Gasteiger partial charge is 0.355 e. The summed E-state index contributed by atoms with van der Waals surface area (Å²) < 4.78 is 0.